The zero-order valence-electron chi connectivity index (χ0n) is 9.77. The Hall–Kier alpha value is -0.830. The number of aryl methyl sites for hydroxylation is 1. The van der Waals surface area contributed by atoms with Crippen molar-refractivity contribution >= 4 is 0 Å². The highest BCUT2D eigenvalue weighted by atomic mass is 16.6. The highest BCUT2D eigenvalue weighted by Gasteiger charge is 2.22. The molecule has 16 heavy (non-hydrogen) atoms. The maximum Gasteiger partial charge on any atom is 0.0813 e. The molecule has 88 valence electrons. The van der Waals surface area contributed by atoms with Crippen LogP contribution in [-0.2, 0) is 11.2 Å². The summed E-state index contributed by atoms with van der Waals surface area (Å²) in [4.78, 5) is 0. The molecule has 2 fully saturated rings. The van der Waals surface area contributed by atoms with Crippen LogP contribution in [0.25, 0.3) is 0 Å². The molecule has 1 unspecified atom stereocenters. The Kier molecular flexibility index (Phi) is 2.96. The minimum atomic E-state index is 0.528. The molecule has 0 amide bonds. The summed E-state index contributed by atoms with van der Waals surface area (Å²) in [7, 11) is 0. The average Bonchev–Trinajstić information content (AvgIpc) is 3.05. The van der Waals surface area contributed by atoms with Crippen molar-refractivity contribution in [3.63, 3.8) is 0 Å². The molecule has 1 aliphatic carbocycles. The molecule has 0 bridgehead atoms. The number of nitrogens with zero attached hydrogens (tertiary/aromatic N) is 2. The Morgan fingerprint density at radius 2 is 2.12 bits per heavy atom. The van der Waals surface area contributed by atoms with Gasteiger partial charge in [-0.1, -0.05) is 19.3 Å². The molecular weight excluding hydrogens is 200 g/mol. The summed E-state index contributed by atoms with van der Waals surface area (Å²) in [6.07, 6.45) is 11.7. The van der Waals surface area contributed by atoms with E-state index in [1.54, 1.807) is 0 Å². The Morgan fingerprint density at radius 3 is 2.88 bits per heavy atom. The van der Waals surface area contributed by atoms with Crippen LogP contribution in [0.1, 0.15) is 50.3 Å². The van der Waals surface area contributed by atoms with Crippen molar-refractivity contribution in [3.05, 3.63) is 18.0 Å². The number of rotatable bonds is 4. The highest BCUT2D eigenvalue weighted by Crippen LogP contribution is 2.27. The fourth-order valence-electron chi connectivity index (χ4n) is 2.60. The fraction of sp³-hybridized carbons (Fsp3) is 0.769. The normalized spacial score (nSPS) is 25.9. The molecule has 1 aromatic rings. The predicted octanol–water partition coefficient (Wildman–Crippen LogP) is 2.72. The first-order chi connectivity index (χ1) is 7.92. The summed E-state index contributed by atoms with van der Waals surface area (Å²) in [6.45, 7) is 0.962. The quantitative estimate of drug-likeness (QED) is 0.730. The van der Waals surface area contributed by atoms with Gasteiger partial charge in [-0.15, -0.1) is 0 Å². The van der Waals surface area contributed by atoms with E-state index in [0.717, 1.165) is 19.4 Å². The van der Waals surface area contributed by atoms with Crippen LogP contribution in [0.2, 0.25) is 0 Å². The third kappa shape index (κ3) is 2.46. The van der Waals surface area contributed by atoms with Gasteiger partial charge in [0, 0.05) is 6.20 Å². The zero-order valence-corrected chi connectivity index (χ0v) is 9.77. The van der Waals surface area contributed by atoms with Gasteiger partial charge in [-0.05, 0) is 31.7 Å². The van der Waals surface area contributed by atoms with E-state index in [2.05, 4.69) is 16.9 Å². The number of epoxide rings is 1. The predicted molar refractivity (Wildman–Crippen MR) is 62.4 cm³/mol. The largest absolute Gasteiger partial charge is 0.373 e. The van der Waals surface area contributed by atoms with Gasteiger partial charge < -0.3 is 4.74 Å². The average molecular weight is 220 g/mol. The van der Waals surface area contributed by atoms with Gasteiger partial charge in [-0.25, -0.2) is 0 Å². The smallest absolute Gasteiger partial charge is 0.0813 e. The summed E-state index contributed by atoms with van der Waals surface area (Å²) in [6, 6.07) is 2.84. The first-order valence-electron chi connectivity index (χ1n) is 6.57. The Balaban J connectivity index is 1.57. The second-order valence-corrected chi connectivity index (χ2v) is 5.07. The van der Waals surface area contributed by atoms with Crippen molar-refractivity contribution in [2.24, 2.45) is 0 Å². The minimum absolute atomic E-state index is 0.528. The third-order valence-electron chi connectivity index (χ3n) is 3.74. The van der Waals surface area contributed by atoms with Crippen LogP contribution in [0.3, 0.4) is 0 Å². The lowest BCUT2D eigenvalue weighted by atomic mass is 9.96. The summed E-state index contributed by atoms with van der Waals surface area (Å²) in [5.41, 5.74) is 1.24. The van der Waals surface area contributed by atoms with E-state index >= 15 is 0 Å². The first kappa shape index (κ1) is 10.3. The van der Waals surface area contributed by atoms with Crippen molar-refractivity contribution in [2.45, 2.75) is 57.1 Å². The summed E-state index contributed by atoms with van der Waals surface area (Å²) >= 11 is 0. The molecular formula is C13H20N2O. The number of aromatic nitrogens is 2. The molecule has 0 N–H and O–H groups in total. The maximum absolute atomic E-state index is 5.22. The van der Waals surface area contributed by atoms with Gasteiger partial charge in [0.05, 0.1) is 24.4 Å². The molecule has 1 aromatic heterocycles. The Bertz CT molecular complexity index is 337. The first-order valence-corrected chi connectivity index (χ1v) is 6.57. The molecule has 0 spiro atoms. The van der Waals surface area contributed by atoms with Crippen molar-refractivity contribution in [1.82, 2.24) is 9.78 Å². The molecule has 1 saturated carbocycles. The van der Waals surface area contributed by atoms with Crippen molar-refractivity contribution < 1.29 is 4.74 Å². The van der Waals surface area contributed by atoms with E-state index in [-0.39, 0.29) is 0 Å². The molecule has 3 heteroatoms. The lowest BCUT2D eigenvalue weighted by molar-refractivity contribution is 0.327. The molecule has 1 atom stereocenters. The summed E-state index contributed by atoms with van der Waals surface area (Å²) in [5, 5.41) is 4.69. The monoisotopic (exact) mass is 220 g/mol. The van der Waals surface area contributed by atoms with E-state index in [1.807, 2.05) is 0 Å². The fourth-order valence-corrected chi connectivity index (χ4v) is 2.60. The molecule has 0 aromatic carbocycles. The summed E-state index contributed by atoms with van der Waals surface area (Å²) < 4.78 is 7.42. The van der Waals surface area contributed by atoms with Crippen LogP contribution in [-0.4, -0.2) is 22.5 Å². The molecule has 1 saturated heterocycles. The van der Waals surface area contributed by atoms with E-state index in [1.165, 1.54) is 37.8 Å². The van der Waals surface area contributed by atoms with Gasteiger partial charge >= 0.3 is 0 Å². The standard InChI is InChI=1S/C13H20N2O/c1-2-4-12(5-3-1)15-9-8-11(14-15)6-7-13-10-16-13/h8-9,12-13H,1-7,10H2. The van der Waals surface area contributed by atoms with E-state index < -0.39 is 0 Å². The highest BCUT2D eigenvalue weighted by molar-refractivity contribution is 5.01. The molecule has 3 rings (SSSR count). The molecule has 2 aliphatic rings. The molecule has 0 radical (unpaired) electrons. The second kappa shape index (κ2) is 4.58. The lowest BCUT2D eigenvalue weighted by Gasteiger charge is -2.21. The van der Waals surface area contributed by atoms with Gasteiger partial charge in [-0.2, -0.15) is 5.10 Å². The molecule has 3 nitrogen and oxygen atoms in total. The summed E-state index contributed by atoms with van der Waals surface area (Å²) in [5.74, 6) is 0. The van der Waals surface area contributed by atoms with Gasteiger partial charge in [0.15, 0.2) is 0 Å². The Morgan fingerprint density at radius 1 is 1.31 bits per heavy atom. The number of hydrogen-bond acceptors (Lipinski definition) is 2. The van der Waals surface area contributed by atoms with Crippen molar-refractivity contribution in [1.29, 1.82) is 0 Å². The van der Waals surface area contributed by atoms with Gasteiger partial charge in [0.1, 0.15) is 0 Å². The minimum Gasteiger partial charge on any atom is -0.373 e. The second-order valence-electron chi connectivity index (χ2n) is 5.07. The third-order valence-corrected chi connectivity index (χ3v) is 3.74. The maximum atomic E-state index is 5.22. The zero-order chi connectivity index (χ0) is 10.8. The van der Waals surface area contributed by atoms with Crippen LogP contribution in [0.15, 0.2) is 12.3 Å². The van der Waals surface area contributed by atoms with Crippen molar-refractivity contribution in [2.75, 3.05) is 6.61 Å². The van der Waals surface area contributed by atoms with Crippen LogP contribution in [0.5, 0.6) is 0 Å². The lowest BCUT2D eigenvalue weighted by Crippen LogP contribution is -2.13. The SMILES string of the molecule is c1cn(C2CCCCC2)nc1CCC1CO1. The molecule has 2 heterocycles. The van der Waals surface area contributed by atoms with E-state index in [0.29, 0.717) is 12.1 Å². The van der Waals surface area contributed by atoms with Crippen LogP contribution >= 0.6 is 0 Å². The Labute approximate surface area is 96.8 Å². The number of ether oxygens (including phenoxy) is 1. The van der Waals surface area contributed by atoms with Gasteiger partial charge in [-0.3, -0.25) is 4.68 Å². The van der Waals surface area contributed by atoms with Crippen molar-refractivity contribution in [3.8, 4) is 0 Å². The van der Waals surface area contributed by atoms with Crippen LogP contribution in [0.4, 0.5) is 0 Å². The van der Waals surface area contributed by atoms with E-state index in [4.69, 9.17) is 9.84 Å². The van der Waals surface area contributed by atoms with Crippen LogP contribution in [0, 0.1) is 0 Å². The van der Waals surface area contributed by atoms with Crippen LogP contribution < -0.4 is 0 Å². The van der Waals surface area contributed by atoms with Gasteiger partial charge in [0.25, 0.3) is 0 Å². The molecule has 1 aliphatic heterocycles. The van der Waals surface area contributed by atoms with Gasteiger partial charge in [0.2, 0.25) is 0 Å². The van der Waals surface area contributed by atoms with E-state index in [9.17, 15) is 0 Å². The topological polar surface area (TPSA) is 30.4 Å². The number of hydrogen-bond donors (Lipinski definition) is 0.